The van der Waals surface area contributed by atoms with Gasteiger partial charge in [-0.1, -0.05) is 13.8 Å². The van der Waals surface area contributed by atoms with Crippen molar-refractivity contribution in [3.8, 4) is 0 Å². The molecular weight excluding hydrogens is 114 g/mol. The van der Waals surface area contributed by atoms with Crippen molar-refractivity contribution in [2.45, 2.75) is 38.0 Å². The van der Waals surface area contributed by atoms with Crippen LogP contribution in [0.15, 0.2) is 0 Å². The first kappa shape index (κ1) is 8.49. The second kappa shape index (κ2) is 3.51. The maximum Gasteiger partial charge on any atom is 0 e. The summed E-state index contributed by atoms with van der Waals surface area (Å²) in [6.07, 6.45) is 2.97. The van der Waals surface area contributed by atoms with Gasteiger partial charge in [0.15, 0.2) is 0 Å². The minimum absolute atomic E-state index is 0. The first-order valence-corrected chi connectivity index (χ1v) is 4.20. The maximum absolute atomic E-state index is 2.36. The lowest BCUT2D eigenvalue weighted by molar-refractivity contribution is 0.777. The van der Waals surface area contributed by atoms with Gasteiger partial charge in [-0.3, -0.25) is 0 Å². The average Bonchev–Trinajstić information content (AvgIpc) is 1.87. The second-order valence-electron chi connectivity index (χ2n) is 2.55. The molecule has 0 aromatic carbocycles. The molecule has 0 amide bonds. The van der Waals surface area contributed by atoms with Gasteiger partial charge in [0.1, 0.15) is 0 Å². The van der Waals surface area contributed by atoms with Crippen LogP contribution in [0.1, 0.15) is 26.7 Å². The van der Waals surface area contributed by atoms with Crippen LogP contribution in [0.3, 0.4) is 0 Å². The van der Waals surface area contributed by atoms with Crippen LogP contribution < -0.4 is 0 Å². The molecule has 0 aliphatic carbocycles. The van der Waals surface area contributed by atoms with Crippen molar-refractivity contribution >= 4 is 17.0 Å². The molecule has 0 bridgehead atoms. The van der Waals surface area contributed by atoms with Crippen molar-refractivity contribution in [2.24, 2.45) is 0 Å². The van der Waals surface area contributed by atoms with E-state index in [0.29, 0.717) is 0 Å². The summed E-state index contributed by atoms with van der Waals surface area (Å²) in [7, 11) is 1.26. The first-order valence-electron chi connectivity index (χ1n) is 3.05. The monoisotopic (exact) mass is 127 g/mol. The summed E-state index contributed by atoms with van der Waals surface area (Å²) in [5, 5.41) is 0. The molecule has 0 saturated carbocycles. The molecule has 2 atom stereocenters. The number of rotatable bonds is 0. The van der Waals surface area contributed by atoms with Gasteiger partial charge in [0.25, 0.3) is 0 Å². The van der Waals surface area contributed by atoms with Gasteiger partial charge >= 0.3 is 0 Å². The molecule has 2 heteroatoms. The highest BCUT2D eigenvalue weighted by Crippen LogP contribution is 2.38. The van der Waals surface area contributed by atoms with E-state index >= 15 is 0 Å². The van der Waals surface area contributed by atoms with E-state index < -0.39 is 0 Å². The lowest BCUT2D eigenvalue weighted by atomic mass is 10.2. The Morgan fingerprint density at radius 2 is 1.50 bits per heavy atom. The Bertz CT molecular complexity index is 57.5. The van der Waals surface area contributed by atoms with Crippen LogP contribution in [-0.4, -0.2) is 19.7 Å². The van der Waals surface area contributed by atoms with E-state index in [0.717, 1.165) is 11.3 Å². The Morgan fingerprint density at radius 3 is 1.62 bits per heavy atom. The molecule has 0 aromatic rings. The molecule has 1 saturated heterocycles. The molecule has 1 heterocycles. The summed E-state index contributed by atoms with van der Waals surface area (Å²) in [6.45, 7) is 4.73. The lowest BCUT2D eigenvalue weighted by Crippen LogP contribution is -1.81. The third kappa shape index (κ3) is 2.18. The Morgan fingerprint density at radius 1 is 1.12 bits per heavy atom. The van der Waals surface area contributed by atoms with E-state index in [4.69, 9.17) is 0 Å². The lowest BCUT2D eigenvalue weighted by Gasteiger charge is -1.97. The quantitative estimate of drug-likeness (QED) is 0.344. The van der Waals surface area contributed by atoms with E-state index in [-0.39, 0.29) is 8.41 Å². The van der Waals surface area contributed by atoms with Crippen LogP contribution in [0.4, 0.5) is 0 Å². The standard InChI is InChI=1S/C6H13P.B/c1-5-3-4-6(2)7-5;/h5-7H,3-4H2,1-2H3;/t5-,6-;/m1./s1. The fourth-order valence-corrected chi connectivity index (χ4v) is 2.79. The SMILES string of the molecule is C[C@@H]1CC[C@@H](C)P1.[B]. The zero-order valence-electron chi connectivity index (χ0n) is 5.65. The van der Waals surface area contributed by atoms with Crippen molar-refractivity contribution in [2.75, 3.05) is 0 Å². The van der Waals surface area contributed by atoms with Gasteiger partial charge in [0, 0.05) is 8.41 Å². The molecule has 0 spiro atoms. The highest BCUT2D eigenvalue weighted by molar-refractivity contribution is 7.40. The molecular formula is C6H13BP. The molecule has 1 rings (SSSR count). The fraction of sp³-hybridized carbons (Fsp3) is 1.00. The molecule has 1 fully saturated rings. The number of hydrogen-bond donors (Lipinski definition) is 0. The van der Waals surface area contributed by atoms with Gasteiger partial charge in [-0.25, -0.2) is 0 Å². The Kier molecular flexibility index (Phi) is 3.72. The molecule has 0 aromatic heterocycles. The maximum atomic E-state index is 2.36. The summed E-state index contributed by atoms with van der Waals surface area (Å²) in [5.41, 5.74) is 2.10. The Labute approximate surface area is 55.8 Å². The van der Waals surface area contributed by atoms with E-state index in [1.54, 1.807) is 0 Å². The van der Waals surface area contributed by atoms with Crippen LogP contribution in [0.2, 0.25) is 0 Å². The molecule has 1 aliphatic heterocycles. The predicted molar refractivity (Wildman–Crippen MR) is 42.2 cm³/mol. The Hall–Kier alpha value is 0.495. The molecule has 1 aliphatic rings. The second-order valence-corrected chi connectivity index (χ2v) is 4.85. The summed E-state index contributed by atoms with van der Waals surface area (Å²) in [4.78, 5) is 0. The summed E-state index contributed by atoms with van der Waals surface area (Å²) in [6, 6.07) is 0. The minimum atomic E-state index is 0. The van der Waals surface area contributed by atoms with E-state index in [9.17, 15) is 0 Å². The predicted octanol–water partition coefficient (Wildman–Crippen LogP) is 1.85. The molecule has 0 unspecified atom stereocenters. The van der Waals surface area contributed by atoms with E-state index in [1.807, 2.05) is 0 Å². The van der Waals surface area contributed by atoms with Crippen molar-refractivity contribution in [3.05, 3.63) is 0 Å². The fourth-order valence-electron chi connectivity index (χ4n) is 1.15. The van der Waals surface area contributed by atoms with Gasteiger partial charge in [-0.15, -0.1) is 8.58 Å². The van der Waals surface area contributed by atoms with Crippen LogP contribution in [0, 0.1) is 0 Å². The minimum Gasteiger partial charge on any atom is -0.116 e. The third-order valence-electron chi connectivity index (χ3n) is 1.60. The van der Waals surface area contributed by atoms with Crippen LogP contribution in [-0.2, 0) is 0 Å². The molecule has 3 radical (unpaired) electrons. The van der Waals surface area contributed by atoms with Crippen molar-refractivity contribution in [3.63, 3.8) is 0 Å². The van der Waals surface area contributed by atoms with Crippen LogP contribution in [0.25, 0.3) is 0 Å². The van der Waals surface area contributed by atoms with Crippen molar-refractivity contribution < 1.29 is 0 Å². The molecule has 8 heavy (non-hydrogen) atoms. The molecule has 0 nitrogen and oxygen atoms in total. The summed E-state index contributed by atoms with van der Waals surface area (Å²) >= 11 is 0. The highest BCUT2D eigenvalue weighted by Gasteiger charge is 2.15. The smallest absolute Gasteiger partial charge is 0 e. The van der Waals surface area contributed by atoms with E-state index in [2.05, 4.69) is 13.8 Å². The van der Waals surface area contributed by atoms with Crippen molar-refractivity contribution in [1.82, 2.24) is 0 Å². The van der Waals surface area contributed by atoms with Gasteiger partial charge < -0.3 is 0 Å². The zero-order valence-corrected chi connectivity index (χ0v) is 6.65. The van der Waals surface area contributed by atoms with Crippen LogP contribution in [0.5, 0.6) is 0 Å². The largest absolute Gasteiger partial charge is 0.116 e. The first-order chi connectivity index (χ1) is 3.29. The van der Waals surface area contributed by atoms with Gasteiger partial charge in [0.05, 0.1) is 0 Å². The highest BCUT2D eigenvalue weighted by atomic mass is 31.1. The molecule has 0 N–H and O–H groups in total. The average molecular weight is 127 g/mol. The normalized spacial score (nSPS) is 36.8. The molecule has 45 valence electrons. The van der Waals surface area contributed by atoms with Crippen LogP contribution >= 0.6 is 8.58 Å². The summed E-state index contributed by atoms with van der Waals surface area (Å²) in [5.74, 6) is 0. The number of hydrogen-bond acceptors (Lipinski definition) is 0. The van der Waals surface area contributed by atoms with Gasteiger partial charge in [-0.2, -0.15) is 0 Å². The Balaban J connectivity index is 0.000000490. The van der Waals surface area contributed by atoms with E-state index in [1.165, 1.54) is 21.4 Å². The summed E-state index contributed by atoms with van der Waals surface area (Å²) < 4.78 is 0. The zero-order chi connectivity index (χ0) is 5.28. The van der Waals surface area contributed by atoms with Gasteiger partial charge in [-0.05, 0) is 24.2 Å². The third-order valence-corrected chi connectivity index (χ3v) is 3.32. The van der Waals surface area contributed by atoms with Crippen molar-refractivity contribution in [1.29, 1.82) is 0 Å². The van der Waals surface area contributed by atoms with Gasteiger partial charge in [0.2, 0.25) is 0 Å². The topological polar surface area (TPSA) is 0 Å².